The van der Waals surface area contributed by atoms with Gasteiger partial charge in [0.05, 0.1) is 18.7 Å². The molecule has 1 aliphatic rings. The molecule has 1 saturated heterocycles. The normalized spacial score (nSPS) is 17.7. The number of esters is 1. The molecule has 0 bridgehead atoms. The first-order chi connectivity index (χ1) is 12.2. The lowest BCUT2D eigenvalue weighted by Crippen LogP contribution is -2.52. The number of benzene rings is 1. The van der Waals surface area contributed by atoms with E-state index in [1.807, 2.05) is 18.7 Å². The van der Waals surface area contributed by atoms with Crippen molar-refractivity contribution in [1.29, 1.82) is 5.26 Å². The molecular formula is C17H22FN3O4S. The number of carbonyl (C=O) groups excluding carboxylic acids is 1. The van der Waals surface area contributed by atoms with Gasteiger partial charge in [-0.05, 0) is 24.1 Å². The van der Waals surface area contributed by atoms with Crippen LogP contribution >= 0.6 is 0 Å². The first-order valence-electron chi connectivity index (χ1n) is 8.24. The van der Waals surface area contributed by atoms with Crippen LogP contribution < -0.4 is 0 Å². The second-order valence-electron chi connectivity index (χ2n) is 6.39. The van der Waals surface area contributed by atoms with Crippen molar-refractivity contribution in [2.75, 3.05) is 33.3 Å². The number of ether oxygens (including phenoxy) is 1. The van der Waals surface area contributed by atoms with Gasteiger partial charge in [-0.15, -0.1) is 0 Å². The van der Waals surface area contributed by atoms with Gasteiger partial charge in [0.25, 0.3) is 0 Å². The van der Waals surface area contributed by atoms with Crippen molar-refractivity contribution in [3.05, 3.63) is 29.6 Å². The highest BCUT2D eigenvalue weighted by Gasteiger charge is 2.33. The van der Waals surface area contributed by atoms with E-state index < -0.39 is 26.7 Å². The van der Waals surface area contributed by atoms with E-state index in [0.717, 1.165) is 12.1 Å². The predicted molar refractivity (Wildman–Crippen MR) is 92.3 cm³/mol. The molecule has 1 fully saturated rings. The average molecular weight is 383 g/mol. The Labute approximate surface area is 153 Å². The summed E-state index contributed by atoms with van der Waals surface area (Å²) in [5.41, 5.74) is -0.0320. The predicted octanol–water partition coefficient (Wildman–Crippen LogP) is 1.47. The van der Waals surface area contributed by atoms with E-state index >= 15 is 0 Å². The Balaban J connectivity index is 2.22. The maximum Gasteiger partial charge on any atom is 0.337 e. The minimum absolute atomic E-state index is 0.0320. The number of nitrogens with zero attached hydrogens (tertiary/aromatic N) is 3. The first-order valence-corrected chi connectivity index (χ1v) is 9.68. The summed E-state index contributed by atoms with van der Waals surface area (Å²) in [5.74, 6) is -1.53. The highest BCUT2D eigenvalue weighted by Crippen LogP contribution is 2.23. The van der Waals surface area contributed by atoms with E-state index in [2.05, 4.69) is 10.8 Å². The molecule has 1 aliphatic heterocycles. The summed E-state index contributed by atoms with van der Waals surface area (Å²) >= 11 is 0. The Morgan fingerprint density at radius 1 is 1.27 bits per heavy atom. The number of halogens is 1. The maximum atomic E-state index is 14.1. The fourth-order valence-corrected chi connectivity index (χ4v) is 4.47. The molecule has 1 heterocycles. The topological polar surface area (TPSA) is 90.7 Å². The second-order valence-corrected chi connectivity index (χ2v) is 8.30. The molecule has 1 aromatic carbocycles. The lowest BCUT2D eigenvalue weighted by molar-refractivity contribution is 0.0600. The van der Waals surface area contributed by atoms with Crippen LogP contribution in [0.5, 0.6) is 0 Å². The molecule has 9 heteroatoms. The Kier molecular flexibility index (Phi) is 6.34. The zero-order valence-corrected chi connectivity index (χ0v) is 15.8. The molecule has 0 aromatic heterocycles. The van der Waals surface area contributed by atoms with Gasteiger partial charge in [-0.1, -0.05) is 13.8 Å². The van der Waals surface area contributed by atoms with E-state index in [4.69, 9.17) is 0 Å². The SMILES string of the molecule is COC(=O)c1ccc(F)c(S(=O)(=O)N2CCN(C(C#N)C(C)C)CC2)c1. The largest absolute Gasteiger partial charge is 0.465 e. The van der Waals surface area contributed by atoms with Crippen molar-refractivity contribution in [1.82, 2.24) is 9.21 Å². The number of hydrogen-bond acceptors (Lipinski definition) is 6. The van der Waals surface area contributed by atoms with Crippen molar-refractivity contribution in [2.24, 2.45) is 5.92 Å². The smallest absolute Gasteiger partial charge is 0.337 e. The molecule has 0 saturated carbocycles. The number of methoxy groups -OCH3 is 1. The Morgan fingerprint density at radius 2 is 1.88 bits per heavy atom. The third-order valence-electron chi connectivity index (χ3n) is 4.40. The zero-order valence-electron chi connectivity index (χ0n) is 15.0. The van der Waals surface area contributed by atoms with E-state index in [1.165, 1.54) is 17.5 Å². The van der Waals surface area contributed by atoms with Gasteiger partial charge in [-0.25, -0.2) is 17.6 Å². The monoisotopic (exact) mass is 383 g/mol. The fourth-order valence-electron chi connectivity index (χ4n) is 2.96. The van der Waals surface area contributed by atoms with Gasteiger partial charge in [0, 0.05) is 26.2 Å². The average Bonchev–Trinajstić information content (AvgIpc) is 2.62. The zero-order chi connectivity index (χ0) is 19.5. The van der Waals surface area contributed by atoms with E-state index in [-0.39, 0.29) is 30.6 Å². The number of piperazine rings is 1. The quantitative estimate of drug-likeness (QED) is 0.715. The third-order valence-corrected chi connectivity index (χ3v) is 6.31. The standard InChI is InChI=1S/C17H22FN3O4S/c1-12(2)15(11-19)20-6-8-21(9-7-20)26(23,24)16-10-13(17(22)25-3)4-5-14(16)18/h4-5,10,12,15H,6-9H2,1-3H3. The lowest BCUT2D eigenvalue weighted by atomic mass is 10.0. The van der Waals surface area contributed by atoms with Crippen molar-refractivity contribution < 1.29 is 22.3 Å². The van der Waals surface area contributed by atoms with Crippen LogP contribution in [0, 0.1) is 23.1 Å². The second kappa shape index (κ2) is 8.12. The highest BCUT2D eigenvalue weighted by molar-refractivity contribution is 7.89. The molecule has 0 spiro atoms. The van der Waals surface area contributed by atoms with Crippen LogP contribution in [0.3, 0.4) is 0 Å². The number of hydrogen-bond donors (Lipinski definition) is 0. The van der Waals surface area contributed by atoms with Crippen molar-refractivity contribution in [3.8, 4) is 6.07 Å². The molecule has 1 atom stereocenters. The van der Waals surface area contributed by atoms with Crippen LogP contribution in [-0.4, -0.2) is 62.9 Å². The number of sulfonamides is 1. The summed E-state index contributed by atoms with van der Waals surface area (Å²) in [6.45, 7) is 4.93. The van der Waals surface area contributed by atoms with Gasteiger partial charge in [0.2, 0.25) is 10.0 Å². The number of nitriles is 1. The van der Waals surface area contributed by atoms with Crippen LogP contribution in [0.2, 0.25) is 0 Å². The molecule has 2 rings (SSSR count). The fraction of sp³-hybridized carbons (Fsp3) is 0.529. The van der Waals surface area contributed by atoms with Crippen LogP contribution in [-0.2, 0) is 14.8 Å². The molecule has 0 aliphatic carbocycles. The summed E-state index contributed by atoms with van der Waals surface area (Å²) in [7, 11) is -2.93. The molecule has 0 radical (unpaired) electrons. The number of rotatable bonds is 5. The summed E-state index contributed by atoms with van der Waals surface area (Å²) in [6.07, 6.45) is 0. The molecule has 1 unspecified atom stereocenters. The molecule has 0 amide bonds. The van der Waals surface area contributed by atoms with Gasteiger partial charge < -0.3 is 4.74 Å². The third kappa shape index (κ3) is 4.03. The molecule has 142 valence electrons. The van der Waals surface area contributed by atoms with Crippen molar-refractivity contribution in [3.63, 3.8) is 0 Å². The van der Waals surface area contributed by atoms with Crippen LogP contribution in [0.25, 0.3) is 0 Å². The Morgan fingerprint density at radius 3 is 2.38 bits per heavy atom. The lowest BCUT2D eigenvalue weighted by Gasteiger charge is -2.37. The minimum Gasteiger partial charge on any atom is -0.465 e. The van der Waals surface area contributed by atoms with Crippen LogP contribution in [0.1, 0.15) is 24.2 Å². The summed E-state index contributed by atoms with van der Waals surface area (Å²) in [5, 5.41) is 9.28. The number of carbonyl (C=O) groups is 1. The van der Waals surface area contributed by atoms with Gasteiger partial charge >= 0.3 is 5.97 Å². The van der Waals surface area contributed by atoms with Gasteiger partial charge in [0.1, 0.15) is 16.8 Å². The minimum atomic E-state index is -4.09. The van der Waals surface area contributed by atoms with Gasteiger partial charge in [-0.2, -0.15) is 9.57 Å². The van der Waals surface area contributed by atoms with Gasteiger partial charge in [0.15, 0.2) is 0 Å². The van der Waals surface area contributed by atoms with E-state index in [9.17, 15) is 22.9 Å². The molecular weight excluding hydrogens is 361 g/mol. The van der Waals surface area contributed by atoms with E-state index in [0.29, 0.717) is 13.1 Å². The molecule has 1 aromatic rings. The van der Waals surface area contributed by atoms with Crippen molar-refractivity contribution >= 4 is 16.0 Å². The van der Waals surface area contributed by atoms with E-state index in [1.54, 1.807) is 0 Å². The summed E-state index contributed by atoms with van der Waals surface area (Å²) < 4.78 is 45.5. The van der Waals surface area contributed by atoms with Crippen LogP contribution in [0.4, 0.5) is 4.39 Å². The highest BCUT2D eigenvalue weighted by atomic mass is 32.2. The van der Waals surface area contributed by atoms with Crippen LogP contribution in [0.15, 0.2) is 23.1 Å². The maximum absolute atomic E-state index is 14.1. The van der Waals surface area contributed by atoms with Gasteiger partial charge in [-0.3, -0.25) is 4.90 Å². The first kappa shape index (κ1) is 20.3. The van der Waals surface area contributed by atoms with Crippen molar-refractivity contribution in [2.45, 2.75) is 24.8 Å². The summed E-state index contributed by atoms with van der Waals surface area (Å²) in [4.78, 5) is 13.0. The molecule has 7 nitrogen and oxygen atoms in total. The molecule has 0 N–H and O–H groups in total. The molecule has 26 heavy (non-hydrogen) atoms. The Hall–Kier alpha value is -2.02. The Bertz CT molecular complexity index is 812. The summed E-state index contributed by atoms with van der Waals surface area (Å²) in [6, 6.07) is 5.06.